The smallest absolute Gasteiger partial charge is 0.292 e. The zero-order chi connectivity index (χ0) is 16.4. The van der Waals surface area contributed by atoms with Gasteiger partial charge < -0.3 is 10.4 Å². The summed E-state index contributed by atoms with van der Waals surface area (Å²) in [5.74, 6) is 1.80. The van der Waals surface area contributed by atoms with Gasteiger partial charge in [0.25, 0.3) is 5.69 Å². The molecular formula is C15H19N5O3. The van der Waals surface area contributed by atoms with Gasteiger partial charge in [-0.3, -0.25) is 10.1 Å². The second-order valence-electron chi connectivity index (χ2n) is 5.63. The average Bonchev–Trinajstić information content (AvgIpc) is 2.96. The summed E-state index contributed by atoms with van der Waals surface area (Å²) in [6, 6.07) is 4.66. The number of rotatable bonds is 5. The first-order valence-corrected chi connectivity index (χ1v) is 7.68. The maximum Gasteiger partial charge on any atom is 0.292 e. The number of aliphatic hydroxyl groups excluding tert-OH is 1. The van der Waals surface area contributed by atoms with Crippen molar-refractivity contribution in [2.45, 2.75) is 45.4 Å². The van der Waals surface area contributed by atoms with Crippen molar-refractivity contribution in [2.75, 3.05) is 5.32 Å². The normalized spacial score (nSPS) is 16.9. The number of anilines is 1. The predicted octanol–water partition coefficient (Wildman–Crippen LogP) is 1.67. The van der Waals surface area contributed by atoms with Gasteiger partial charge in [-0.15, -0.1) is 0 Å². The lowest BCUT2D eigenvalue weighted by Gasteiger charge is -2.24. The summed E-state index contributed by atoms with van der Waals surface area (Å²) in [5.41, 5.74) is 1.09. The fourth-order valence-electron chi connectivity index (χ4n) is 2.80. The molecule has 2 heterocycles. The van der Waals surface area contributed by atoms with E-state index in [2.05, 4.69) is 15.4 Å². The van der Waals surface area contributed by atoms with Crippen molar-refractivity contribution in [1.82, 2.24) is 14.8 Å². The minimum Gasteiger partial charge on any atom is -0.392 e. The molecule has 8 nitrogen and oxygen atoms in total. The summed E-state index contributed by atoms with van der Waals surface area (Å²) in [6.07, 6.45) is 2.42. The van der Waals surface area contributed by atoms with Crippen molar-refractivity contribution >= 4 is 11.4 Å². The fourth-order valence-corrected chi connectivity index (χ4v) is 2.80. The Morgan fingerprint density at radius 2 is 2.35 bits per heavy atom. The Morgan fingerprint density at radius 3 is 3.04 bits per heavy atom. The molecule has 0 bridgehead atoms. The molecule has 1 aliphatic rings. The van der Waals surface area contributed by atoms with E-state index >= 15 is 0 Å². The number of fused-ring (bicyclic) bond motifs is 1. The molecule has 8 heteroatoms. The van der Waals surface area contributed by atoms with Crippen LogP contribution in [0.4, 0.5) is 11.4 Å². The molecule has 1 aromatic heterocycles. The number of hydrogen-bond acceptors (Lipinski definition) is 6. The van der Waals surface area contributed by atoms with Crippen LogP contribution in [0.15, 0.2) is 18.2 Å². The summed E-state index contributed by atoms with van der Waals surface area (Å²) >= 11 is 0. The maximum atomic E-state index is 11.2. The van der Waals surface area contributed by atoms with Crippen LogP contribution in [0.25, 0.3) is 0 Å². The molecule has 1 aliphatic heterocycles. The highest BCUT2D eigenvalue weighted by molar-refractivity contribution is 5.63. The van der Waals surface area contributed by atoms with Crippen LogP contribution in [0.3, 0.4) is 0 Å². The zero-order valence-corrected chi connectivity index (χ0v) is 12.9. The minimum absolute atomic E-state index is 0.0147. The molecule has 3 rings (SSSR count). The SMILES string of the molecule is CCc1nc2n(n1)CC(Nc1cc(CO)ccc1[N+](=O)[O-])CC2. The lowest BCUT2D eigenvalue weighted by Crippen LogP contribution is -2.32. The fraction of sp³-hybridized carbons (Fsp3) is 0.467. The van der Waals surface area contributed by atoms with E-state index in [4.69, 9.17) is 0 Å². The molecule has 1 unspecified atom stereocenters. The summed E-state index contributed by atoms with van der Waals surface area (Å²) in [6.45, 7) is 2.49. The van der Waals surface area contributed by atoms with Crippen molar-refractivity contribution < 1.29 is 10.0 Å². The van der Waals surface area contributed by atoms with E-state index in [9.17, 15) is 15.2 Å². The Bertz CT molecular complexity index is 728. The van der Waals surface area contributed by atoms with Crippen LogP contribution in [-0.2, 0) is 26.0 Å². The molecule has 2 aromatic rings. The van der Waals surface area contributed by atoms with Gasteiger partial charge in [-0.1, -0.05) is 6.92 Å². The van der Waals surface area contributed by atoms with Gasteiger partial charge in [0.05, 0.1) is 18.1 Å². The molecule has 0 radical (unpaired) electrons. The number of nitro groups is 1. The van der Waals surface area contributed by atoms with Crippen LogP contribution >= 0.6 is 0 Å². The number of nitro benzene ring substituents is 1. The number of hydrogen-bond donors (Lipinski definition) is 2. The summed E-state index contributed by atoms with van der Waals surface area (Å²) in [7, 11) is 0. The minimum atomic E-state index is -0.414. The van der Waals surface area contributed by atoms with Crippen LogP contribution in [0, 0.1) is 10.1 Å². The number of aromatic nitrogens is 3. The molecule has 0 fully saturated rings. The van der Waals surface area contributed by atoms with Gasteiger partial charge >= 0.3 is 0 Å². The van der Waals surface area contributed by atoms with Gasteiger partial charge in [-0.25, -0.2) is 9.67 Å². The van der Waals surface area contributed by atoms with E-state index in [0.717, 1.165) is 30.9 Å². The third kappa shape index (κ3) is 3.16. The Labute approximate surface area is 133 Å². The van der Waals surface area contributed by atoms with E-state index in [0.29, 0.717) is 17.8 Å². The largest absolute Gasteiger partial charge is 0.392 e. The van der Waals surface area contributed by atoms with Gasteiger partial charge in [-0.05, 0) is 24.1 Å². The number of nitrogens with zero attached hydrogens (tertiary/aromatic N) is 4. The number of benzene rings is 1. The molecule has 0 spiro atoms. The van der Waals surface area contributed by atoms with Crippen molar-refractivity contribution in [2.24, 2.45) is 0 Å². The van der Waals surface area contributed by atoms with E-state index < -0.39 is 4.92 Å². The van der Waals surface area contributed by atoms with E-state index in [1.807, 2.05) is 11.6 Å². The summed E-state index contributed by atoms with van der Waals surface area (Å²) in [4.78, 5) is 15.2. The van der Waals surface area contributed by atoms with Gasteiger partial charge in [0.1, 0.15) is 11.5 Å². The Hall–Kier alpha value is -2.48. The molecule has 1 atom stereocenters. The second kappa shape index (κ2) is 6.33. The van der Waals surface area contributed by atoms with Crippen molar-refractivity contribution in [3.63, 3.8) is 0 Å². The molecule has 0 saturated carbocycles. The first-order valence-electron chi connectivity index (χ1n) is 7.68. The summed E-state index contributed by atoms with van der Waals surface area (Å²) < 4.78 is 1.88. The lowest BCUT2D eigenvalue weighted by atomic mass is 10.1. The molecular weight excluding hydrogens is 298 g/mol. The van der Waals surface area contributed by atoms with Gasteiger partial charge in [0.15, 0.2) is 5.82 Å². The summed E-state index contributed by atoms with van der Waals surface area (Å²) in [5, 5.41) is 28.1. The Kier molecular flexibility index (Phi) is 4.24. The first-order chi connectivity index (χ1) is 11.1. The van der Waals surface area contributed by atoms with Crippen LogP contribution in [0.1, 0.15) is 30.6 Å². The highest BCUT2D eigenvalue weighted by Gasteiger charge is 2.24. The monoisotopic (exact) mass is 317 g/mol. The zero-order valence-electron chi connectivity index (χ0n) is 12.9. The maximum absolute atomic E-state index is 11.2. The average molecular weight is 317 g/mol. The van der Waals surface area contributed by atoms with Gasteiger partial charge in [0, 0.05) is 24.9 Å². The Balaban J connectivity index is 1.81. The van der Waals surface area contributed by atoms with Crippen LogP contribution in [0.2, 0.25) is 0 Å². The molecule has 122 valence electrons. The van der Waals surface area contributed by atoms with Gasteiger partial charge in [-0.2, -0.15) is 5.10 Å². The van der Waals surface area contributed by atoms with E-state index in [1.54, 1.807) is 12.1 Å². The first kappa shape index (κ1) is 15.4. The third-order valence-electron chi connectivity index (χ3n) is 4.02. The Morgan fingerprint density at radius 1 is 1.52 bits per heavy atom. The van der Waals surface area contributed by atoms with Crippen LogP contribution < -0.4 is 5.32 Å². The van der Waals surface area contributed by atoms with Crippen molar-refractivity contribution in [1.29, 1.82) is 0 Å². The van der Waals surface area contributed by atoms with Crippen molar-refractivity contribution in [3.8, 4) is 0 Å². The van der Waals surface area contributed by atoms with Crippen LogP contribution in [-0.4, -0.2) is 30.8 Å². The molecule has 0 saturated heterocycles. The molecule has 1 aromatic carbocycles. The highest BCUT2D eigenvalue weighted by Crippen LogP contribution is 2.28. The van der Waals surface area contributed by atoms with E-state index in [-0.39, 0.29) is 18.3 Å². The second-order valence-corrected chi connectivity index (χ2v) is 5.63. The van der Waals surface area contributed by atoms with Gasteiger partial charge in [0.2, 0.25) is 0 Å². The van der Waals surface area contributed by atoms with E-state index in [1.165, 1.54) is 6.07 Å². The third-order valence-corrected chi connectivity index (χ3v) is 4.02. The highest BCUT2D eigenvalue weighted by atomic mass is 16.6. The van der Waals surface area contributed by atoms with Crippen molar-refractivity contribution in [3.05, 3.63) is 45.5 Å². The topological polar surface area (TPSA) is 106 Å². The predicted molar refractivity (Wildman–Crippen MR) is 84.2 cm³/mol. The molecule has 0 aliphatic carbocycles. The standard InChI is InChI=1S/C15H19N5O3/c1-2-14-17-15-6-4-11(8-19(15)18-14)16-12-7-10(9-21)3-5-13(12)20(22)23/h3,5,7,11,16,21H,2,4,6,8-9H2,1H3. The molecule has 23 heavy (non-hydrogen) atoms. The quantitative estimate of drug-likeness (QED) is 0.642. The number of nitrogens with one attached hydrogen (secondary N) is 1. The number of aliphatic hydroxyl groups is 1. The van der Waals surface area contributed by atoms with Crippen LogP contribution in [0.5, 0.6) is 0 Å². The lowest BCUT2D eigenvalue weighted by molar-refractivity contribution is -0.384. The molecule has 2 N–H and O–H groups in total. The number of aryl methyl sites for hydroxylation is 2. The molecule has 0 amide bonds.